The summed E-state index contributed by atoms with van der Waals surface area (Å²) in [5, 5.41) is 4.92. The number of urea groups is 1. The Hall–Kier alpha value is -2.24. The molecule has 17 heavy (non-hydrogen) atoms. The zero-order chi connectivity index (χ0) is 12.8. The molecule has 0 aliphatic carbocycles. The summed E-state index contributed by atoms with van der Waals surface area (Å²) in [7, 11) is 1.57. The lowest BCUT2D eigenvalue weighted by molar-refractivity contribution is -0.120. The summed E-state index contributed by atoms with van der Waals surface area (Å²) in [5.74, 6) is 0.248. The maximum absolute atomic E-state index is 11.4. The Labute approximate surface area is 99.1 Å². The van der Waals surface area contributed by atoms with Crippen molar-refractivity contribution in [3.05, 3.63) is 24.3 Å². The lowest BCUT2D eigenvalue weighted by atomic mass is 10.2. The van der Waals surface area contributed by atoms with Gasteiger partial charge in [-0.3, -0.25) is 10.1 Å². The van der Waals surface area contributed by atoms with Crippen LogP contribution in [0, 0.1) is 0 Å². The van der Waals surface area contributed by atoms with Gasteiger partial charge >= 0.3 is 6.03 Å². The molecule has 6 heteroatoms. The van der Waals surface area contributed by atoms with E-state index in [-0.39, 0.29) is 0 Å². The summed E-state index contributed by atoms with van der Waals surface area (Å²) in [4.78, 5) is 21.9. The van der Waals surface area contributed by atoms with Crippen molar-refractivity contribution >= 4 is 17.6 Å². The Bertz CT molecular complexity index is 403. The van der Waals surface area contributed by atoms with E-state index in [0.29, 0.717) is 0 Å². The second-order valence-corrected chi connectivity index (χ2v) is 3.45. The van der Waals surface area contributed by atoms with Crippen LogP contribution in [0.4, 0.5) is 10.5 Å². The Balaban J connectivity index is 2.57. The molecule has 0 heterocycles. The molecular formula is C11H15N3O3. The number of amides is 3. The second-order valence-electron chi connectivity index (χ2n) is 3.45. The molecule has 0 saturated carbocycles. The first-order valence-electron chi connectivity index (χ1n) is 5.04. The van der Waals surface area contributed by atoms with Crippen molar-refractivity contribution in [1.82, 2.24) is 5.32 Å². The van der Waals surface area contributed by atoms with Gasteiger partial charge in [0.25, 0.3) is 0 Å². The zero-order valence-corrected chi connectivity index (χ0v) is 9.69. The van der Waals surface area contributed by atoms with E-state index in [4.69, 9.17) is 10.5 Å². The van der Waals surface area contributed by atoms with Gasteiger partial charge in [-0.2, -0.15) is 0 Å². The average Bonchev–Trinajstić information content (AvgIpc) is 2.29. The predicted molar refractivity (Wildman–Crippen MR) is 63.8 cm³/mol. The topological polar surface area (TPSA) is 93.4 Å². The smallest absolute Gasteiger partial charge is 0.318 e. The molecule has 0 fully saturated rings. The molecule has 4 N–H and O–H groups in total. The van der Waals surface area contributed by atoms with Gasteiger partial charge in [-0.05, 0) is 31.2 Å². The van der Waals surface area contributed by atoms with Crippen molar-refractivity contribution in [2.75, 3.05) is 12.4 Å². The maximum atomic E-state index is 11.4. The number of anilines is 1. The lowest BCUT2D eigenvalue weighted by Crippen LogP contribution is -2.43. The van der Waals surface area contributed by atoms with E-state index in [1.165, 1.54) is 0 Å². The summed E-state index contributed by atoms with van der Waals surface area (Å²) < 4.78 is 5.01. The molecular weight excluding hydrogens is 222 g/mol. The van der Waals surface area contributed by atoms with Gasteiger partial charge in [0.2, 0.25) is 5.91 Å². The number of carbonyl (C=O) groups excluding carboxylic acids is 2. The number of nitrogens with one attached hydrogen (secondary N) is 2. The molecule has 0 aliphatic rings. The number of methoxy groups -OCH3 is 1. The molecule has 0 aromatic heterocycles. The first-order valence-corrected chi connectivity index (χ1v) is 5.04. The molecule has 3 amide bonds. The van der Waals surface area contributed by atoms with E-state index >= 15 is 0 Å². The van der Waals surface area contributed by atoms with Gasteiger partial charge in [0.15, 0.2) is 0 Å². The SMILES string of the molecule is COc1ccc(NC(C)C(=O)NC(N)=O)cc1. The quantitative estimate of drug-likeness (QED) is 0.718. The van der Waals surface area contributed by atoms with Gasteiger partial charge < -0.3 is 15.8 Å². The summed E-state index contributed by atoms with van der Waals surface area (Å²) in [6, 6.07) is 5.65. The van der Waals surface area contributed by atoms with Crippen LogP contribution in [0.15, 0.2) is 24.3 Å². The summed E-state index contributed by atoms with van der Waals surface area (Å²) in [6.45, 7) is 1.63. The van der Waals surface area contributed by atoms with Crippen LogP contribution in [-0.4, -0.2) is 25.1 Å². The third kappa shape index (κ3) is 4.02. The van der Waals surface area contributed by atoms with E-state index in [1.807, 2.05) is 5.32 Å². The summed E-state index contributed by atoms with van der Waals surface area (Å²) in [5.41, 5.74) is 5.60. The number of nitrogens with two attached hydrogens (primary N) is 1. The maximum Gasteiger partial charge on any atom is 0.318 e. The second kappa shape index (κ2) is 5.74. The van der Waals surface area contributed by atoms with Crippen LogP contribution in [0.1, 0.15) is 6.92 Å². The fourth-order valence-electron chi connectivity index (χ4n) is 1.23. The third-order valence-corrected chi connectivity index (χ3v) is 2.11. The van der Waals surface area contributed by atoms with E-state index < -0.39 is 18.0 Å². The third-order valence-electron chi connectivity index (χ3n) is 2.11. The number of carbonyl (C=O) groups is 2. The molecule has 0 aliphatic heterocycles. The minimum atomic E-state index is -0.863. The van der Waals surface area contributed by atoms with E-state index in [1.54, 1.807) is 38.3 Å². The van der Waals surface area contributed by atoms with Gasteiger partial charge in [0.05, 0.1) is 7.11 Å². The van der Waals surface area contributed by atoms with Crippen LogP contribution in [0.3, 0.4) is 0 Å². The molecule has 1 aromatic carbocycles. The van der Waals surface area contributed by atoms with Crippen LogP contribution >= 0.6 is 0 Å². The van der Waals surface area contributed by atoms with Crippen LogP contribution in [0.5, 0.6) is 5.75 Å². The Kier molecular flexibility index (Phi) is 4.33. The van der Waals surface area contributed by atoms with Crippen LogP contribution in [0.25, 0.3) is 0 Å². The van der Waals surface area contributed by atoms with Crippen LogP contribution in [-0.2, 0) is 4.79 Å². The van der Waals surface area contributed by atoms with Crippen molar-refractivity contribution in [2.45, 2.75) is 13.0 Å². The van der Waals surface area contributed by atoms with Crippen LogP contribution in [0.2, 0.25) is 0 Å². The van der Waals surface area contributed by atoms with Crippen molar-refractivity contribution in [2.24, 2.45) is 5.73 Å². The molecule has 0 radical (unpaired) electrons. The minimum absolute atomic E-state index is 0.478. The number of hydrogen-bond acceptors (Lipinski definition) is 4. The fourth-order valence-corrected chi connectivity index (χ4v) is 1.23. The fraction of sp³-hybridized carbons (Fsp3) is 0.273. The Morgan fingerprint density at radius 2 is 1.88 bits per heavy atom. The van der Waals surface area contributed by atoms with Gasteiger partial charge in [0, 0.05) is 5.69 Å². The standard InChI is InChI=1S/C11H15N3O3/c1-7(10(15)14-11(12)16)13-8-3-5-9(17-2)6-4-8/h3-7,13H,1-2H3,(H3,12,14,15,16). The Morgan fingerprint density at radius 1 is 1.29 bits per heavy atom. The molecule has 1 atom stereocenters. The van der Waals surface area contributed by atoms with E-state index in [0.717, 1.165) is 11.4 Å². The average molecular weight is 237 g/mol. The molecule has 0 bridgehead atoms. The highest BCUT2D eigenvalue weighted by Crippen LogP contribution is 2.15. The highest BCUT2D eigenvalue weighted by molar-refractivity contribution is 5.97. The first-order chi connectivity index (χ1) is 8.02. The van der Waals surface area contributed by atoms with Crippen molar-refractivity contribution < 1.29 is 14.3 Å². The number of benzene rings is 1. The summed E-state index contributed by atoms with van der Waals surface area (Å²) >= 11 is 0. The van der Waals surface area contributed by atoms with Gasteiger partial charge in [-0.1, -0.05) is 0 Å². The molecule has 1 unspecified atom stereocenters. The van der Waals surface area contributed by atoms with Gasteiger partial charge in [-0.15, -0.1) is 0 Å². The lowest BCUT2D eigenvalue weighted by Gasteiger charge is -2.14. The Morgan fingerprint density at radius 3 is 2.35 bits per heavy atom. The molecule has 0 saturated heterocycles. The first kappa shape index (κ1) is 12.8. The van der Waals surface area contributed by atoms with E-state index in [9.17, 15) is 9.59 Å². The van der Waals surface area contributed by atoms with Crippen molar-refractivity contribution in [1.29, 1.82) is 0 Å². The highest BCUT2D eigenvalue weighted by Gasteiger charge is 2.13. The monoisotopic (exact) mass is 237 g/mol. The van der Waals surface area contributed by atoms with Crippen LogP contribution < -0.4 is 21.1 Å². The normalized spacial score (nSPS) is 11.4. The van der Waals surface area contributed by atoms with E-state index in [2.05, 4.69) is 5.32 Å². The van der Waals surface area contributed by atoms with Gasteiger partial charge in [-0.25, -0.2) is 4.79 Å². The van der Waals surface area contributed by atoms with Crippen molar-refractivity contribution in [3.63, 3.8) is 0 Å². The molecule has 1 aromatic rings. The number of ether oxygens (including phenoxy) is 1. The summed E-state index contributed by atoms with van der Waals surface area (Å²) in [6.07, 6.45) is 0. The largest absolute Gasteiger partial charge is 0.497 e. The number of primary amides is 1. The zero-order valence-electron chi connectivity index (χ0n) is 9.69. The molecule has 6 nitrogen and oxygen atoms in total. The number of hydrogen-bond donors (Lipinski definition) is 3. The number of imide groups is 1. The minimum Gasteiger partial charge on any atom is -0.497 e. The molecule has 92 valence electrons. The predicted octanol–water partition coefficient (Wildman–Crippen LogP) is 0.690. The molecule has 0 spiro atoms. The van der Waals surface area contributed by atoms with Gasteiger partial charge in [0.1, 0.15) is 11.8 Å². The van der Waals surface area contributed by atoms with Crippen molar-refractivity contribution in [3.8, 4) is 5.75 Å². The molecule has 1 rings (SSSR count). The number of rotatable bonds is 4. The highest BCUT2D eigenvalue weighted by atomic mass is 16.5.